The molecule has 2 atom stereocenters. The molecule has 0 spiro atoms. The van der Waals surface area contributed by atoms with Crippen LogP contribution in [0.1, 0.15) is 64.2 Å². The summed E-state index contributed by atoms with van der Waals surface area (Å²) in [6, 6.07) is 15.2. The second-order valence-corrected chi connectivity index (χ2v) is 9.57. The number of fused-ring (bicyclic) bond motifs is 1. The molecule has 2 amide bonds. The van der Waals surface area contributed by atoms with Crippen molar-refractivity contribution in [1.82, 2.24) is 15.2 Å². The molecule has 1 heterocycles. The molecule has 0 unspecified atom stereocenters. The number of hydrogen-bond acceptors (Lipinski definition) is 5. The van der Waals surface area contributed by atoms with Gasteiger partial charge in [0.2, 0.25) is 11.8 Å². The number of amides is 2. The van der Waals surface area contributed by atoms with Crippen molar-refractivity contribution >= 4 is 29.1 Å². The summed E-state index contributed by atoms with van der Waals surface area (Å²) in [5.41, 5.74) is 4.07. The van der Waals surface area contributed by atoms with Crippen molar-refractivity contribution in [2.45, 2.75) is 64.5 Å². The molecular weight excluding hydrogens is 464 g/mol. The third-order valence-corrected chi connectivity index (χ3v) is 6.99. The maximum absolute atomic E-state index is 13.3. The summed E-state index contributed by atoms with van der Waals surface area (Å²) >= 11 is 0. The minimum Gasteiger partial charge on any atom is -0.436 e. The quantitative estimate of drug-likeness (QED) is 0.360. The lowest BCUT2D eigenvalue weighted by atomic mass is 9.89. The van der Waals surface area contributed by atoms with Gasteiger partial charge in [0.25, 0.3) is 5.91 Å². The lowest BCUT2D eigenvalue weighted by molar-refractivity contribution is -0.121. The number of aromatic nitrogens is 1. The fourth-order valence-electron chi connectivity index (χ4n) is 4.82. The van der Waals surface area contributed by atoms with E-state index in [-0.39, 0.29) is 25.3 Å². The Morgan fingerprint density at radius 2 is 1.95 bits per heavy atom. The molecule has 196 valence electrons. The lowest BCUT2D eigenvalue weighted by Gasteiger charge is -2.35. The fraction of sp³-hybridized carbons (Fsp3) is 0.400. The highest BCUT2D eigenvalue weighted by molar-refractivity contribution is 5.94. The van der Waals surface area contributed by atoms with E-state index in [1.165, 1.54) is 0 Å². The normalized spacial score (nSPS) is 18.3. The molecule has 1 fully saturated rings. The van der Waals surface area contributed by atoms with E-state index < -0.39 is 0 Å². The van der Waals surface area contributed by atoms with Crippen molar-refractivity contribution in [3.8, 4) is 11.5 Å². The zero-order chi connectivity index (χ0) is 26.2. The van der Waals surface area contributed by atoms with Gasteiger partial charge in [-0.25, -0.2) is 4.98 Å². The molecule has 7 nitrogen and oxygen atoms in total. The third-order valence-electron chi connectivity index (χ3n) is 6.99. The van der Waals surface area contributed by atoms with E-state index in [1.54, 1.807) is 6.21 Å². The van der Waals surface area contributed by atoms with Gasteiger partial charge in [-0.1, -0.05) is 24.6 Å². The average Bonchev–Trinajstić information content (AvgIpc) is 3.36. The summed E-state index contributed by atoms with van der Waals surface area (Å²) in [6.07, 6.45) is 8.53. The predicted molar refractivity (Wildman–Crippen MR) is 150 cm³/mol. The molecule has 0 aliphatic heterocycles. The van der Waals surface area contributed by atoms with Gasteiger partial charge in [-0.05, 0) is 81.5 Å². The number of hydrogen-bond donors (Lipinski definition) is 1. The molecular formula is C30H38N4O3. The van der Waals surface area contributed by atoms with E-state index in [0.29, 0.717) is 17.9 Å². The Bertz CT molecular complexity index is 1250. The van der Waals surface area contributed by atoms with E-state index in [2.05, 4.69) is 22.2 Å². The van der Waals surface area contributed by atoms with Gasteiger partial charge in [-0.15, -0.1) is 0 Å². The van der Waals surface area contributed by atoms with Crippen LogP contribution in [0.3, 0.4) is 0 Å². The SMILES string of the molecule is CCN=C/C=C(\CC)CC(=O)N[C@H]1CCC[C@@H](N(C)C(=O)c2ccc(-c3nc4ccccc4o3)cc2)C1.[HH]. The first kappa shape index (κ1) is 26.3. The van der Waals surface area contributed by atoms with Crippen molar-refractivity contribution in [3.63, 3.8) is 0 Å². The Morgan fingerprint density at radius 3 is 2.68 bits per heavy atom. The van der Waals surface area contributed by atoms with Crippen molar-refractivity contribution < 1.29 is 15.4 Å². The number of nitrogens with zero attached hydrogens (tertiary/aromatic N) is 3. The summed E-state index contributed by atoms with van der Waals surface area (Å²) in [5, 5.41) is 3.19. The average molecular weight is 503 g/mol. The summed E-state index contributed by atoms with van der Waals surface area (Å²) in [7, 11) is 1.86. The highest BCUT2D eigenvalue weighted by Crippen LogP contribution is 2.26. The summed E-state index contributed by atoms with van der Waals surface area (Å²) in [6.45, 7) is 4.77. The van der Waals surface area contributed by atoms with Crippen molar-refractivity contribution in [2.75, 3.05) is 13.6 Å². The maximum Gasteiger partial charge on any atom is 0.253 e. The smallest absolute Gasteiger partial charge is 0.253 e. The molecule has 37 heavy (non-hydrogen) atoms. The molecule has 1 aliphatic rings. The topological polar surface area (TPSA) is 87.8 Å². The van der Waals surface area contributed by atoms with E-state index in [1.807, 2.05) is 73.5 Å². The van der Waals surface area contributed by atoms with Crippen LogP contribution in [-0.2, 0) is 4.79 Å². The Hall–Kier alpha value is -3.74. The first-order valence-electron chi connectivity index (χ1n) is 13.2. The molecule has 3 aromatic rings. The molecule has 1 aliphatic carbocycles. The molecule has 1 aromatic heterocycles. The number of oxazole rings is 1. The van der Waals surface area contributed by atoms with Gasteiger partial charge < -0.3 is 14.6 Å². The zero-order valence-electron chi connectivity index (χ0n) is 21.9. The number of allylic oxidation sites excluding steroid dienone is 1. The Kier molecular flexibility index (Phi) is 8.88. The van der Waals surface area contributed by atoms with Crippen molar-refractivity contribution in [2.24, 2.45) is 4.99 Å². The van der Waals surface area contributed by atoms with Crippen LogP contribution in [0.5, 0.6) is 0 Å². The third kappa shape index (κ3) is 6.73. The highest BCUT2D eigenvalue weighted by atomic mass is 16.3. The van der Waals surface area contributed by atoms with E-state index >= 15 is 0 Å². The van der Waals surface area contributed by atoms with Gasteiger partial charge in [0.15, 0.2) is 5.58 Å². The van der Waals surface area contributed by atoms with Crippen LogP contribution in [0.4, 0.5) is 0 Å². The van der Waals surface area contributed by atoms with Gasteiger partial charge in [0.05, 0.1) is 0 Å². The highest BCUT2D eigenvalue weighted by Gasteiger charge is 2.29. The van der Waals surface area contributed by atoms with Crippen molar-refractivity contribution in [3.05, 3.63) is 65.7 Å². The van der Waals surface area contributed by atoms with Crippen molar-refractivity contribution in [1.29, 1.82) is 0 Å². The molecule has 4 rings (SSSR count). The minimum absolute atomic E-state index is 0. The number of carbonyl (C=O) groups excluding carboxylic acids is 2. The van der Waals surface area contributed by atoms with Crippen LogP contribution in [0.15, 0.2) is 69.6 Å². The second kappa shape index (κ2) is 12.5. The van der Waals surface area contributed by atoms with E-state index in [0.717, 1.165) is 60.9 Å². The molecule has 2 aromatic carbocycles. The number of aliphatic imine (C=N–C) groups is 1. The molecule has 7 heteroatoms. The summed E-state index contributed by atoms with van der Waals surface area (Å²) in [4.78, 5) is 36.5. The summed E-state index contributed by atoms with van der Waals surface area (Å²) in [5.74, 6) is 0.554. The van der Waals surface area contributed by atoms with Crippen LogP contribution in [-0.4, -0.2) is 53.6 Å². The standard InChI is InChI=1S/C30H36N4O3.H2/c1-4-21(17-18-31-5-2)19-28(35)32-24-9-8-10-25(20-24)34(3)30(36)23-15-13-22(14-16-23)29-33-26-11-6-7-12-27(26)37-29;/h6-7,11-18,24-25H,4-5,8-10,19-20H2,1-3H3,(H,32,35);1H/b21-17+,31-18?;/t24-,25+;/m0./s1. The predicted octanol–water partition coefficient (Wildman–Crippen LogP) is 6.06. The van der Waals surface area contributed by atoms with E-state index in [4.69, 9.17) is 4.42 Å². The van der Waals surface area contributed by atoms with Crippen LogP contribution in [0.25, 0.3) is 22.6 Å². The van der Waals surface area contributed by atoms with Gasteiger partial charge in [-0.3, -0.25) is 14.6 Å². The maximum atomic E-state index is 13.3. The number of nitrogens with one attached hydrogen (secondary N) is 1. The van der Waals surface area contributed by atoms with Gasteiger partial charge in [-0.2, -0.15) is 0 Å². The first-order chi connectivity index (χ1) is 18.0. The molecule has 0 saturated heterocycles. The van der Waals surface area contributed by atoms with Crippen LogP contribution in [0, 0.1) is 0 Å². The Labute approximate surface area is 220 Å². The number of benzene rings is 2. The number of carbonyl (C=O) groups is 2. The Balaban J connectivity index is 0.00000400. The van der Waals surface area contributed by atoms with Crippen LogP contribution < -0.4 is 5.32 Å². The zero-order valence-corrected chi connectivity index (χ0v) is 21.9. The van der Waals surface area contributed by atoms with Gasteiger partial charge in [0, 0.05) is 50.9 Å². The molecule has 1 N–H and O–H groups in total. The molecule has 1 saturated carbocycles. The first-order valence-corrected chi connectivity index (χ1v) is 13.2. The van der Waals surface area contributed by atoms with E-state index in [9.17, 15) is 9.59 Å². The van der Waals surface area contributed by atoms with Gasteiger partial charge >= 0.3 is 0 Å². The van der Waals surface area contributed by atoms with Crippen LogP contribution in [0.2, 0.25) is 0 Å². The van der Waals surface area contributed by atoms with Crippen LogP contribution >= 0.6 is 0 Å². The molecule has 0 radical (unpaired) electrons. The molecule has 0 bridgehead atoms. The number of para-hydroxylation sites is 2. The number of rotatable bonds is 9. The Morgan fingerprint density at radius 1 is 1.16 bits per heavy atom. The minimum atomic E-state index is -0.0208. The summed E-state index contributed by atoms with van der Waals surface area (Å²) < 4.78 is 5.85. The largest absolute Gasteiger partial charge is 0.436 e. The van der Waals surface area contributed by atoms with Gasteiger partial charge in [0.1, 0.15) is 5.52 Å². The second-order valence-electron chi connectivity index (χ2n) is 9.57. The lowest BCUT2D eigenvalue weighted by Crippen LogP contribution is -2.46. The fourth-order valence-corrected chi connectivity index (χ4v) is 4.82. The monoisotopic (exact) mass is 502 g/mol.